The Morgan fingerprint density at radius 2 is 1.56 bits per heavy atom. The molecule has 3 N–H and O–H groups in total. The predicted molar refractivity (Wildman–Crippen MR) is 177 cm³/mol. The maximum Gasteiger partial charge on any atom is 0.389 e. The second-order valence-corrected chi connectivity index (χ2v) is 14.1. The largest absolute Gasteiger partial charge is 0.389 e. The van der Waals surface area contributed by atoms with Crippen LogP contribution in [-0.2, 0) is 20.9 Å². The lowest BCUT2D eigenvalue weighted by molar-refractivity contribution is -0.154. The Labute approximate surface area is 289 Å². The second-order valence-electron chi connectivity index (χ2n) is 14.1. The number of benzene rings is 1. The number of nitrogens with one attached hydrogen (secondary N) is 3. The zero-order valence-corrected chi connectivity index (χ0v) is 28.9. The molecule has 2 heterocycles. The first-order valence-corrected chi connectivity index (χ1v) is 17.4. The Morgan fingerprint density at radius 3 is 2.12 bits per heavy atom. The lowest BCUT2D eigenvalue weighted by Crippen LogP contribution is -2.56. The Balaban J connectivity index is 1.35. The third kappa shape index (κ3) is 9.20. The molecule has 0 spiro atoms. The fourth-order valence-electron chi connectivity index (χ4n) is 6.90. The summed E-state index contributed by atoms with van der Waals surface area (Å²) >= 11 is 0. The zero-order valence-electron chi connectivity index (χ0n) is 28.9. The van der Waals surface area contributed by atoms with Gasteiger partial charge in [0.1, 0.15) is 23.6 Å². The lowest BCUT2D eigenvalue weighted by atomic mass is 9.88. The molecule has 1 unspecified atom stereocenters. The van der Waals surface area contributed by atoms with Crippen molar-refractivity contribution in [1.82, 2.24) is 30.2 Å². The van der Waals surface area contributed by atoms with Crippen LogP contribution in [0.3, 0.4) is 0 Å². The highest BCUT2D eigenvalue weighted by Crippen LogP contribution is 2.51. The van der Waals surface area contributed by atoms with E-state index in [0.29, 0.717) is 44.0 Å². The van der Waals surface area contributed by atoms with Gasteiger partial charge in [0.2, 0.25) is 17.7 Å². The highest BCUT2D eigenvalue weighted by atomic mass is 19.4. The quantitative estimate of drug-likeness (QED) is 0.254. The molecule has 3 aliphatic rings. The number of anilines is 1. The molecule has 274 valence electrons. The van der Waals surface area contributed by atoms with Crippen LogP contribution in [0.5, 0.6) is 0 Å². The van der Waals surface area contributed by atoms with Gasteiger partial charge in [0.15, 0.2) is 0 Å². The molecule has 0 radical (unpaired) electrons. The van der Waals surface area contributed by atoms with Gasteiger partial charge >= 0.3 is 6.18 Å². The molecular weight excluding hydrogens is 658 g/mol. The minimum atomic E-state index is -4.57. The molecule has 4 amide bonds. The van der Waals surface area contributed by atoms with Crippen molar-refractivity contribution in [3.63, 3.8) is 0 Å². The second kappa shape index (κ2) is 15.5. The molecule has 1 aromatic carbocycles. The van der Waals surface area contributed by atoms with Crippen LogP contribution in [-0.4, -0.2) is 94.7 Å². The number of piperazine rings is 1. The highest BCUT2D eigenvalue weighted by Gasteiger charge is 2.48. The van der Waals surface area contributed by atoms with Crippen molar-refractivity contribution in [2.75, 3.05) is 38.5 Å². The third-order valence-corrected chi connectivity index (χ3v) is 10.2. The zero-order chi connectivity index (χ0) is 36.3. The fraction of sp³-hybridized carbons (Fsp3) is 0.629. The number of alkyl halides is 3. The number of hydrogen-bond acceptors (Lipinski definition) is 6. The number of hydrogen-bond donors (Lipinski definition) is 3. The normalized spacial score (nSPS) is 19.4. The molecule has 15 heteroatoms. The molecule has 1 saturated heterocycles. The lowest BCUT2D eigenvalue weighted by Gasteiger charge is -2.36. The van der Waals surface area contributed by atoms with E-state index in [2.05, 4.69) is 21.0 Å². The van der Waals surface area contributed by atoms with E-state index in [0.717, 1.165) is 38.7 Å². The predicted octanol–water partition coefficient (Wildman–Crippen LogP) is 4.17. The summed E-state index contributed by atoms with van der Waals surface area (Å²) in [5.41, 5.74) is 0.503. The molecule has 1 aliphatic heterocycles. The summed E-state index contributed by atoms with van der Waals surface area (Å²) in [4.78, 5) is 57.4. The number of rotatable bonds is 14. The number of likely N-dealkylation sites (N-methyl/N-ethyl adjacent to an activating group) is 1. The van der Waals surface area contributed by atoms with Crippen LogP contribution < -0.4 is 16.0 Å². The van der Waals surface area contributed by atoms with E-state index in [4.69, 9.17) is 0 Å². The van der Waals surface area contributed by atoms with Gasteiger partial charge in [-0.3, -0.25) is 23.9 Å². The van der Waals surface area contributed by atoms with Crippen molar-refractivity contribution < 1.29 is 36.7 Å². The van der Waals surface area contributed by atoms with Crippen LogP contribution in [0.15, 0.2) is 30.5 Å². The van der Waals surface area contributed by atoms with Crippen LogP contribution in [0, 0.1) is 29.5 Å². The van der Waals surface area contributed by atoms with Gasteiger partial charge in [0.05, 0.1) is 12.1 Å². The van der Waals surface area contributed by atoms with Crippen molar-refractivity contribution in [2.45, 2.75) is 83.6 Å². The Kier molecular flexibility index (Phi) is 11.5. The van der Waals surface area contributed by atoms with Gasteiger partial charge in [-0.25, -0.2) is 4.39 Å². The van der Waals surface area contributed by atoms with E-state index < -0.39 is 66.0 Å². The smallest absolute Gasteiger partial charge is 0.343 e. The SMILES string of the molecule is CCn1nccc1C(=O)N[C@H](C(=O)Nc1ccc([C@H](C)[C@@H](NC(=O)C(C)CC(F)(F)F)C(=O)N2CCN(C)CC2)cc1F)C(C1CC1)C1CC1. The molecular formula is C35H47F4N7O4. The number of amides is 4. The maximum atomic E-state index is 15.8. The van der Waals surface area contributed by atoms with E-state index >= 15 is 4.39 Å². The minimum absolute atomic E-state index is 0.0935. The number of nitrogens with zero attached hydrogens (tertiary/aromatic N) is 4. The number of aryl methyl sites for hydroxylation is 1. The Morgan fingerprint density at radius 1 is 0.920 bits per heavy atom. The molecule has 11 nitrogen and oxygen atoms in total. The van der Waals surface area contributed by atoms with Gasteiger partial charge in [0, 0.05) is 50.8 Å². The number of carbonyl (C=O) groups is 4. The highest BCUT2D eigenvalue weighted by molar-refractivity contribution is 6.01. The average Bonchev–Trinajstić information content (AvgIpc) is 4.02. The van der Waals surface area contributed by atoms with Gasteiger partial charge in [-0.15, -0.1) is 0 Å². The van der Waals surface area contributed by atoms with Crippen molar-refractivity contribution >= 4 is 29.3 Å². The number of carbonyl (C=O) groups excluding carboxylic acids is 4. The van der Waals surface area contributed by atoms with Gasteiger partial charge < -0.3 is 25.8 Å². The van der Waals surface area contributed by atoms with Gasteiger partial charge in [-0.2, -0.15) is 18.3 Å². The van der Waals surface area contributed by atoms with Crippen LogP contribution in [0.2, 0.25) is 0 Å². The molecule has 2 saturated carbocycles. The topological polar surface area (TPSA) is 129 Å². The summed E-state index contributed by atoms with van der Waals surface area (Å²) in [7, 11) is 1.90. The average molecular weight is 706 g/mol. The minimum Gasteiger partial charge on any atom is -0.343 e. The summed E-state index contributed by atoms with van der Waals surface area (Å²) in [6, 6.07) is 3.46. The van der Waals surface area contributed by atoms with Crippen molar-refractivity contribution in [3.8, 4) is 0 Å². The summed E-state index contributed by atoms with van der Waals surface area (Å²) in [5, 5.41) is 12.3. The van der Waals surface area contributed by atoms with Crippen LogP contribution in [0.4, 0.5) is 23.2 Å². The third-order valence-electron chi connectivity index (χ3n) is 10.2. The van der Waals surface area contributed by atoms with E-state index in [-0.39, 0.29) is 23.4 Å². The standard InChI is InChI=1S/C35H47F4N7O4/c1-5-46-27(12-13-40-46)32(48)43-30(28(22-6-7-22)23-8-9-23)33(49)41-26-11-10-24(18-25(26)36)21(3)29(34(50)45-16-14-44(4)15-17-45)42-31(47)20(2)19-35(37,38)39/h10-13,18,20-23,28-30H,5-9,14-17,19H2,1-4H3,(H,41,49)(H,42,47)(H,43,48)/t20?,21-,29+,30-/m0/s1. The fourth-order valence-corrected chi connectivity index (χ4v) is 6.90. The van der Waals surface area contributed by atoms with Gasteiger partial charge in [0.25, 0.3) is 5.91 Å². The first-order valence-electron chi connectivity index (χ1n) is 17.4. The Hall–Kier alpha value is -4.01. The van der Waals surface area contributed by atoms with Crippen molar-refractivity contribution in [1.29, 1.82) is 0 Å². The molecule has 4 atom stereocenters. The molecule has 5 rings (SSSR count). The van der Waals surface area contributed by atoms with Crippen LogP contribution >= 0.6 is 0 Å². The van der Waals surface area contributed by atoms with E-state index in [9.17, 15) is 32.3 Å². The van der Waals surface area contributed by atoms with Crippen molar-refractivity contribution in [2.24, 2.45) is 23.7 Å². The molecule has 1 aromatic heterocycles. The molecule has 3 fully saturated rings. The summed E-state index contributed by atoms with van der Waals surface area (Å²) in [6.45, 7) is 6.97. The summed E-state index contributed by atoms with van der Waals surface area (Å²) < 4.78 is 56.5. The molecule has 2 aromatic rings. The first kappa shape index (κ1) is 37.3. The van der Waals surface area contributed by atoms with Gasteiger partial charge in [-0.05, 0) is 81.2 Å². The van der Waals surface area contributed by atoms with Crippen molar-refractivity contribution in [3.05, 3.63) is 47.5 Å². The van der Waals surface area contributed by atoms with Crippen LogP contribution in [0.1, 0.15) is 74.8 Å². The molecule has 0 bridgehead atoms. The number of halogens is 4. The van der Waals surface area contributed by atoms with Crippen LogP contribution in [0.25, 0.3) is 0 Å². The monoisotopic (exact) mass is 705 g/mol. The maximum absolute atomic E-state index is 15.8. The summed E-state index contributed by atoms with van der Waals surface area (Å²) in [6.07, 6.45) is -0.592. The molecule has 2 aliphatic carbocycles. The first-order chi connectivity index (χ1) is 23.7. The van der Waals surface area contributed by atoms with E-state index in [1.165, 1.54) is 23.0 Å². The van der Waals surface area contributed by atoms with Gasteiger partial charge in [-0.1, -0.05) is 19.9 Å². The number of aromatic nitrogens is 2. The van der Waals surface area contributed by atoms with E-state index in [1.807, 2.05) is 18.9 Å². The Bertz CT molecular complexity index is 1540. The molecule has 50 heavy (non-hydrogen) atoms. The summed E-state index contributed by atoms with van der Waals surface area (Å²) in [5.74, 6) is -4.97. The van der Waals surface area contributed by atoms with E-state index in [1.54, 1.807) is 17.9 Å².